The zero-order valence-corrected chi connectivity index (χ0v) is 15.3. The summed E-state index contributed by atoms with van der Waals surface area (Å²) in [5.74, 6) is 0.849. The first-order valence-electron chi connectivity index (χ1n) is 8.34. The van der Waals surface area contributed by atoms with E-state index in [1.165, 1.54) is 17.3 Å². The highest BCUT2D eigenvalue weighted by Gasteiger charge is 2.22. The van der Waals surface area contributed by atoms with Crippen LogP contribution in [0, 0.1) is 0 Å². The third-order valence-corrected chi connectivity index (χ3v) is 4.99. The number of benzene rings is 2. The molecule has 6 nitrogen and oxygen atoms in total. The summed E-state index contributed by atoms with van der Waals surface area (Å²) >= 11 is 1.51. The second-order valence-electron chi connectivity index (χ2n) is 5.86. The lowest BCUT2D eigenvalue weighted by atomic mass is 10.2. The van der Waals surface area contributed by atoms with E-state index in [4.69, 9.17) is 5.73 Å². The molecule has 1 aromatic heterocycles. The van der Waals surface area contributed by atoms with Gasteiger partial charge in [0.05, 0.1) is 0 Å². The molecule has 26 heavy (non-hydrogen) atoms. The van der Waals surface area contributed by atoms with Crippen molar-refractivity contribution in [3.05, 3.63) is 71.8 Å². The third kappa shape index (κ3) is 4.43. The second kappa shape index (κ2) is 8.53. The van der Waals surface area contributed by atoms with E-state index < -0.39 is 6.04 Å². The van der Waals surface area contributed by atoms with E-state index in [1.807, 2.05) is 60.7 Å². The number of carbonyl (C=O) groups excluding carboxylic acids is 1. The quantitative estimate of drug-likeness (QED) is 0.627. The minimum atomic E-state index is -0.494. The molecular weight excluding hydrogens is 346 g/mol. The van der Waals surface area contributed by atoms with E-state index in [2.05, 4.69) is 15.5 Å². The molecule has 0 radical (unpaired) electrons. The van der Waals surface area contributed by atoms with Crippen LogP contribution in [0.2, 0.25) is 0 Å². The number of thioether (sulfide) groups is 1. The summed E-state index contributed by atoms with van der Waals surface area (Å²) in [5, 5.41) is 11.6. The normalized spacial score (nSPS) is 11.9. The van der Waals surface area contributed by atoms with Crippen LogP contribution in [0.3, 0.4) is 0 Å². The molecule has 7 heteroatoms. The van der Waals surface area contributed by atoms with E-state index >= 15 is 0 Å². The van der Waals surface area contributed by atoms with Gasteiger partial charge in [-0.25, -0.2) is 0 Å². The predicted octanol–water partition coefficient (Wildman–Crippen LogP) is 3.03. The molecular formula is C19H21N5OS. The molecule has 0 spiro atoms. The number of nitrogen functional groups attached to an aromatic ring is 1. The number of hydrogen-bond acceptors (Lipinski definition) is 5. The molecule has 1 amide bonds. The number of carbonyl (C=O) groups is 1. The maximum absolute atomic E-state index is 12.5. The lowest BCUT2D eigenvalue weighted by molar-refractivity contribution is -0.124. The van der Waals surface area contributed by atoms with Crippen molar-refractivity contribution in [1.29, 1.82) is 0 Å². The Morgan fingerprint density at radius 1 is 1.08 bits per heavy atom. The Bertz CT molecular complexity index is 851. The van der Waals surface area contributed by atoms with Gasteiger partial charge in [-0.3, -0.25) is 9.36 Å². The fourth-order valence-electron chi connectivity index (χ4n) is 2.52. The minimum Gasteiger partial charge on any atom is -0.368 e. The number of hydrogen-bond donors (Lipinski definition) is 2. The maximum Gasteiger partial charge on any atom is 0.243 e. The minimum absolute atomic E-state index is 0.123. The van der Waals surface area contributed by atoms with Crippen LogP contribution >= 0.6 is 11.8 Å². The van der Waals surface area contributed by atoms with Gasteiger partial charge in [0.1, 0.15) is 6.04 Å². The molecule has 3 N–H and O–H groups in total. The average molecular weight is 367 g/mol. The molecule has 1 unspecified atom stereocenters. The lowest BCUT2D eigenvalue weighted by Gasteiger charge is -2.16. The van der Waals surface area contributed by atoms with E-state index in [-0.39, 0.29) is 11.9 Å². The Morgan fingerprint density at radius 3 is 2.35 bits per heavy atom. The molecule has 2 aromatic carbocycles. The summed E-state index contributed by atoms with van der Waals surface area (Å²) in [5.41, 5.74) is 8.17. The molecule has 0 aliphatic heterocycles. The molecule has 0 aliphatic rings. The Labute approximate surface area is 156 Å². The van der Waals surface area contributed by atoms with Crippen LogP contribution < -0.4 is 11.1 Å². The summed E-state index contributed by atoms with van der Waals surface area (Å²) in [4.78, 5) is 12.5. The highest BCUT2D eigenvalue weighted by atomic mass is 32.2. The summed E-state index contributed by atoms with van der Waals surface area (Å²) in [6.07, 6.45) is 0. The summed E-state index contributed by atoms with van der Waals surface area (Å²) in [7, 11) is 0. The molecule has 3 rings (SSSR count). The Hall–Kier alpha value is -2.80. The van der Waals surface area contributed by atoms with Crippen molar-refractivity contribution in [3.63, 3.8) is 0 Å². The van der Waals surface area contributed by atoms with Crippen molar-refractivity contribution in [2.24, 2.45) is 0 Å². The zero-order valence-electron chi connectivity index (χ0n) is 14.5. The Balaban J connectivity index is 1.65. The molecule has 0 saturated heterocycles. The predicted molar refractivity (Wildman–Crippen MR) is 103 cm³/mol. The van der Waals surface area contributed by atoms with Gasteiger partial charge in [-0.1, -0.05) is 72.4 Å². The van der Waals surface area contributed by atoms with Gasteiger partial charge in [-0.2, -0.15) is 0 Å². The number of aromatic nitrogens is 3. The zero-order chi connectivity index (χ0) is 18.4. The van der Waals surface area contributed by atoms with Gasteiger partial charge in [-0.05, 0) is 18.1 Å². The van der Waals surface area contributed by atoms with Crippen LogP contribution in [-0.2, 0) is 17.1 Å². The van der Waals surface area contributed by atoms with Crippen molar-refractivity contribution in [3.8, 4) is 0 Å². The van der Waals surface area contributed by atoms with Crippen LogP contribution in [0.15, 0.2) is 65.8 Å². The first-order valence-corrected chi connectivity index (χ1v) is 9.32. The fraction of sp³-hybridized carbons (Fsp3) is 0.211. The van der Waals surface area contributed by atoms with Crippen molar-refractivity contribution in [1.82, 2.24) is 20.1 Å². The first kappa shape index (κ1) is 18.0. The maximum atomic E-state index is 12.5. The molecule has 0 fully saturated rings. The number of nitrogens with two attached hydrogens (primary N) is 1. The van der Waals surface area contributed by atoms with Crippen LogP contribution in [0.25, 0.3) is 0 Å². The summed E-state index contributed by atoms with van der Waals surface area (Å²) in [6, 6.07) is 19.4. The number of nitrogens with one attached hydrogen (secondary N) is 1. The average Bonchev–Trinajstić information content (AvgIpc) is 3.06. The van der Waals surface area contributed by atoms with Crippen molar-refractivity contribution >= 4 is 23.6 Å². The first-order chi connectivity index (χ1) is 12.6. The molecule has 1 atom stereocenters. The Morgan fingerprint density at radius 2 is 1.69 bits per heavy atom. The Kier molecular flexibility index (Phi) is 5.91. The highest BCUT2D eigenvalue weighted by Crippen LogP contribution is 2.26. The van der Waals surface area contributed by atoms with Crippen LogP contribution in [-0.4, -0.2) is 20.7 Å². The second-order valence-corrected chi connectivity index (χ2v) is 6.81. The SMILES string of the molecule is CC(C(=O)NCc1ccccc1)n1c(N)nnc1SCc1ccccc1. The topological polar surface area (TPSA) is 85.8 Å². The molecule has 0 saturated carbocycles. The fourth-order valence-corrected chi connectivity index (χ4v) is 3.50. The standard InChI is InChI=1S/C19H21N5OS/c1-14(17(25)21-12-15-8-4-2-5-9-15)24-18(20)22-23-19(24)26-13-16-10-6-3-7-11-16/h2-11,14H,12-13H2,1H3,(H2,20,22)(H,21,25). The van der Waals surface area contributed by atoms with E-state index in [9.17, 15) is 4.79 Å². The number of anilines is 1. The summed E-state index contributed by atoms with van der Waals surface area (Å²) in [6.45, 7) is 2.27. The molecule has 1 heterocycles. The molecule has 0 bridgehead atoms. The van der Waals surface area contributed by atoms with Gasteiger partial charge in [-0.15, -0.1) is 10.2 Å². The number of amides is 1. The highest BCUT2D eigenvalue weighted by molar-refractivity contribution is 7.98. The van der Waals surface area contributed by atoms with Gasteiger partial charge in [0, 0.05) is 12.3 Å². The molecule has 134 valence electrons. The van der Waals surface area contributed by atoms with E-state index in [0.717, 1.165) is 11.3 Å². The van der Waals surface area contributed by atoms with Gasteiger partial charge >= 0.3 is 0 Å². The van der Waals surface area contributed by atoms with Crippen molar-refractivity contribution < 1.29 is 4.79 Å². The van der Waals surface area contributed by atoms with Gasteiger partial charge in [0.15, 0.2) is 5.16 Å². The van der Waals surface area contributed by atoms with Gasteiger partial charge < -0.3 is 11.1 Å². The van der Waals surface area contributed by atoms with Crippen molar-refractivity contribution in [2.45, 2.75) is 30.4 Å². The monoisotopic (exact) mass is 367 g/mol. The van der Waals surface area contributed by atoms with E-state index in [1.54, 1.807) is 11.5 Å². The third-order valence-electron chi connectivity index (χ3n) is 3.98. The number of rotatable bonds is 7. The smallest absolute Gasteiger partial charge is 0.243 e. The lowest BCUT2D eigenvalue weighted by Crippen LogP contribution is -2.31. The van der Waals surface area contributed by atoms with Gasteiger partial charge in [0.25, 0.3) is 0 Å². The van der Waals surface area contributed by atoms with E-state index in [0.29, 0.717) is 11.7 Å². The summed E-state index contributed by atoms with van der Waals surface area (Å²) < 4.78 is 1.67. The number of nitrogens with zero attached hydrogens (tertiary/aromatic N) is 3. The van der Waals surface area contributed by atoms with Crippen molar-refractivity contribution in [2.75, 3.05) is 5.73 Å². The van der Waals surface area contributed by atoms with Crippen LogP contribution in [0.4, 0.5) is 5.95 Å². The van der Waals surface area contributed by atoms with Gasteiger partial charge in [0.2, 0.25) is 11.9 Å². The molecule has 0 aliphatic carbocycles. The van der Waals surface area contributed by atoms with Crippen LogP contribution in [0.1, 0.15) is 24.1 Å². The molecule has 3 aromatic rings. The van der Waals surface area contributed by atoms with Crippen LogP contribution in [0.5, 0.6) is 0 Å². The largest absolute Gasteiger partial charge is 0.368 e.